The highest BCUT2D eigenvalue weighted by molar-refractivity contribution is 5.85. The number of rotatable bonds is 3. The van der Waals surface area contributed by atoms with Gasteiger partial charge in [-0.3, -0.25) is 9.78 Å². The van der Waals surface area contributed by atoms with E-state index in [1.54, 1.807) is 6.92 Å². The number of aryl methyl sites for hydroxylation is 1. The zero-order chi connectivity index (χ0) is 12.4. The zero-order valence-electron chi connectivity index (χ0n) is 10.5. The SMILES string of the molecule is CCC(C(C)=O)c1nc2ccccc2cc1C. The van der Waals surface area contributed by atoms with Gasteiger partial charge in [0, 0.05) is 5.39 Å². The van der Waals surface area contributed by atoms with Crippen molar-refractivity contribution in [2.45, 2.75) is 33.1 Å². The van der Waals surface area contributed by atoms with Gasteiger partial charge in [0.15, 0.2) is 0 Å². The molecule has 1 atom stereocenters. The molecule has 0 saturated carbocycles. The van der Waals surface area contributed by atoms with E-state index in [1.165, 1.54) is 0 Å². The number of pyridine rings is 1. The molecule has 88 valence electrons. The maximum Gasteiger partial charge on any atom is 0.138 e. The summed E-state index contributed by atoms with van der Waals surface area (Å²) in [6, 6.07) is 10.1. The fourth-order valence-electron chi connectivity index (χ4n) is 2.26. The summed E-state index contributed by atoms with van der Waals surface area (Å²) in [5.41, 5.74) is 3.00. The second-order valence-corrected chi connectivity index (χ2v) is 4.45. The van der Waals surface area contributed by atoms with Gasteiger partial charge in [0.1, 0.15) is 5.78 Å². The van der Waals surface area contributed by atoms with E-state index < -0.39 is 0 Å². The third kappa shape index (κ3) is 2.21. The Labute approximate surface area is 102 Å². The summed E-state index contributed by atoms with van der Waals surface area (Å²) in [6.45, 7) is 5.70. The summed E-state index contributed by atoms with van der Waals surface area (Å²) < 4.78 is 0. The van der Waals surface area contributed by atoms with Crippen molar-refractivity contribution in [2.75, 3.05) is 0 Å². The van der Waals surface area contributed by atoms with Crippen LogP contribution in [-0.4, -0.2) is 10.8 Å². The van der Waals surface area contributed by atoms with Crippen LogP contribution in [0.4, 0.5) is 0 Å². The molecule has 2 nitrogen and oxygen atoms in total. The number of hydrogen-bond donors (Lipinski definition) is 0. The standard InChI is InChI=1S/C15H17NO/c1-4-13(11(3)17)15-10(2)9-12-7-5-6-8-14(12)16-15/h5-9,13H,4H2,1-3H3. The molecule has 0 aliphatic carbocycles. The number of ketones is 1. The predicted octanol–water partition coefficient (Wildman–Crippen LogP) is 3.63. The highest BCUT2D eigenvalue weighted by Gasteiger charge is 2.18. The van der Waals surface area contributed by atoms with E-state index in [0.29, 0.717) is 0 Å². The molecule has 2 heteroatoms. The number of aromatic nitrogens is 1. The maximum atomic E-state index is 11.6. The van der Waals surface area contributed by atoms with Gasteiger partial charge in [0.25, 0.3) is 0 Å². The Balaban J connectivity index is 2.61. The molecule has 0 spiro atoms. The third-order valence-corrected chi connectivity index (χ3v) is 3.18. The molecular weight excluding hydrogens is 210 g/mol. The molecule has 2 aromatic rings. The first-order valence-electron chi connectivity index (χ1n) is 6.00. The van der Waals surface area contributed by atoms with Gasteiger partial charge >= 0.3 is 0 Å². The van der Waals surface area contributed by atoms with E-state index in [9.17, 15) is 4.79 Å². The van der Waals surface area contributed by atoms with Crippen molar-refractivity contribution in [2.24, 2.45) is 0 Å². The first-order chi connectivity index (χ1) is 8.13. The molecular formula is C15H17NO. The van der Waals surface area contributed by atoms with Crippen LogP contribution in [0.1, 0.15) is 37.4 Å². The van der Waals surface area contributed by atoms with Crippen molar-refractivity contribution < 1.29 is 4.79 Å². The molecule has 2 rings (SSSR count). The fraction of sp³-hybridized carbons (Fsp3) is 0.333. The average molecular weight is 227 g/mol. The summed E-state index contributed by atoms with van der Waals surface area (Å²) in [7, 11) is 0. The third-order valence-electron chi connectivity index (χ3n) is 3.18. The van der Waals surface area contributed by atoms with E-state index in [0.717, 1.165) is 28.6 Å². The number of fused-ring (bicyclic) bond motifs is 1. The summed E-state index contributed by atoms with van der Waals surface area (Å²) in [5, 5.41) is 1.13. The number of nitrogens with zero attached hydrogens (tertiary/aromatic N) is 1. The van der Waals surface area contributed by atoms with Gasteiger partial charge < -0.3 is 0 Å². The molecule has 1 heterocycles. The van der Waals surface area contributed by atoms with E-state index >= 15 is 0 Å². The average Bonchev–Trinajstić information content (AvgIpc) is 2.30. The molecule has 0 aliphatic heterocycles. The van der Waals surface area contributed by atoms with Crippen molar-refractivity contribution in [3.8, 4) is 0 Å². The van der Waals surface area contributed by atoms with E-state index in [2.05, 4.69) is 11.1 Å². The van der Waals surface area contributed by atoms with Gasteiger partial charge in [0.05, 0.1) is 17.1 Å². The molecule has 0 saturated heterocycles. The van der Waals surface area contributed by atoms with Crippen LogP contribution in [0.25, 0.3) is 10.9 Å². The van der Waals surface area contributed by atoms with Gasteiger partial charge in [0.2, 0.25) is 0 Å². The van der Waals surface area contributed by atoms with Crippen molar-refractivity contribution in [3.63, 3.8) is 0 Å². The van der Waals surface area contributed by atoms with Crippen LogP contribution in [0.3, 0.4) is 0 Å². The number of carbonyl (C=O) groups excluding carboxylic acids is 1. The van der Waals surface area contributed by atoms with Gasteiger partial charge in [-0.1, -0.05) is 25.1 Å². The zero-order valence-corrected chi connectivity index (χ0v) is 10.5. The Morgan fingerprint density at radius 2 is 2.06 bits per heavy atom. The molecule has 0 amide bonds. The minimum absolute atomic E-state index is 0.0698. The Kier molecular flexibility index (Phi) is 3.23. The Morgan fingerprint density at radius 1 is 1.35 bits per heavy atom. The maximum absolute atomic E-state index is 11.6. The number of hydrogen-bond acceptors (Lipinski definition) is 2. The van der Waals surface area contributed by atoms with Crippen LogP contribution in [0.15, 0.2) is 30.3 Å². The lowest BCUT2D eigenvalue weighted by Gasteiger charge is -2.14. The number of carbonyl (C=O) groups is 1. The molecule has 0 bridgehead atoms. The van der Waals surface area contributed by atoms with Gasteiger partial charge in [-0.15, -0.1) is 0 Å². The van der Waals surface area contributed by atoms with Crippen LogP contribution < -0.4 is 0 Å². The number of benzene rings is 1. The van der Waals surface area contributed by atoms with Crippen molar-refractivity contribution in [1.82, 2.24) is 4.98 Å². The fourth-order valence-corrected chi connectivity index (χ4v) is 2.26. The van der Waals surface area contributed by atoms with Gasteiger partial charge in [-0.2, -0.15) is 0 Å². The van der Waals surface area contributed by atoms with E-state index in [1.807, 2.05) is 38.1 Å². The lowest BCUT2D eigenvalue weighted by atomic mass is 9.93. The minimum Gasteiger partial charge on any atom is -0.299 e. The van der Waals surface area contributed by atoms with Gasteiger partial charge in [-0.25, -0.2) is 0 Å². The molecule has 0 N–H and O–H groups in total. The van der Waals surface area contributed by atoms with Crippen LogP contribution in [0.2, 0.25) is 0 Å². The normalized spacial score (nSPS) is 12.6. The molecule has 0 aliphatic rings. The molecule has 0 fully saturated rings. The second kappa shape index (κ2) is 4.66. The predicted molar refractivity (Wildman–Crippen MR) is 70.2 cm³/mol. The highest BCUT2D eigenvalue weighted by atomic mass is 16.1. The van der Waals surface area contributed by atoms with Gasteiger partial charge in [-0.05, 0) is 38.0 Å². The van der Waals surface area contributed by atoms with E-state index in [-0.39, 0.29) is 11.7 Å². The Morgan fingerprint density at radius 3 is 2.71 bits per heavy atom. The van der Waals surface area contributed by atoms with E-state index in [4.69, 9.17) is 0 Å². The van der Waals surface area contributed by atoms with Crippen molar-refractivity contribution >= 4 is 16.7 Å². The van der Waals surface area contributed by atoms with Crippen LogP contribution in [-0.2, 0) is 4.79 Å². The first kappa shape index (κ1) is 11.8. The molecule has 1 aromatic carbocycles. The van der Waals surface area contributed by atoms with Crippen molar-refractivity contribution in [1.29, 1.82) is 0 Å². The summed E-state index contributed by atoms with van der Waals surface area (Å²) in [5.74, 6) is 0.123. The van der Waals surface area contributed by atoms with Crippen molar-refractivity contribution in [3.05, 3.63) is 41.6 Å². The summed E-state index contributed by atoms with van der Waals surface area (Å²) in [6.07, 6.45) is 0.807. The number of Topliss-reactive ketones (excluding diaryl/α,β-unsaturated/α-hetero) is 1. The highest BCUT2D eigenvalue weighted by Crippen LogP contribution is 2.25. The molecule has 0 radical (unpaired) electrons. The minimum atomic E-state index is -0.0698. The quantitative estimate of drug-likeness (QED) is 0.801. The summed E-state index contributed by atoms with van der Waals surface area (Å²) >= 11 is 0. The lowest BCUT2D eigenvalue weighted by molar-refractivity contribution is -0.118. The van der Waals surface area contributed by atoms with Crippen LogP contribution >= 0.6 is 0 Å². The smallest absolute Gasteiger partial charge is 0.138 e. The monoisotopic (exact) mass is 227 g/mol. The lowest BCUT2D eigenvalue weighted by Crippen LogP contribution is -2.11. The molecule has 17 heavy (non-hydrogen) atoms. The largest absolute Gasteiger partial charge is 0.299 e. The molecule has 1 unspecified atom stereocenters. The molecule has 1 aromatic heterocycles. The van der Waals surface area contributed by atoms with Crippen LogP contribution in [0.5, 0.6) is 0 Å². The Bertz CT molecular complexity index is 560. The Hall–Kier alpha value is -1.70. The second-order valence-electron chi connectivity index (χ2n) is 4.45. The number of para-hydroxylation sites is 1. The first-order valence-corrected chi connectivity index (χ1v) is 6.00. The summed E-state index contributed by atoms with van der Waals surface area (Å²) in [4.78, 5) is 16.3. The topological polar surface area (TPSA) is 30.0 Å². The van der Waals surface area contributed by atoms with Crippen LogP contribution in [0, 0.1) is 6.92 Å².